The number of carbonyl (C=O) groups excluding carboxylic acids is 1. The van der Waals surface area contributed by atoms with Crippen molar-refractivity contribution in [2.45, 2.75) is 17.7 Å². The lowest BCUT2D eigenvalue weighted by Crippen LogP contribution is -2.22. The largest absolute Gasteiger partial charge is 0.451 e. The number of hydrogen-bond acceptors (Lipinski definition) is 5. The summed E-state index contributed by atoms with van der Waals surface area (Å²) in [5.74, 6) is -0.145. The topological polar surface area (TPSA) is 88.4 Å². The fraction of sp³-hybridized carbons (Fsp3) is 0.188. The zero-order valence-corrected chi connectivity index (χ0v) is 15.8. The number of nitrogens with one attached hydrogen (secondary N) is 2. The molecule has 0 aliphatic heterocycles. The fourth-order valence-electron chi connectivity index (χ4n) is 2.36. The van der Waals surface area contributed by atoms with E-state index in [-0.39, 0.29) is 22.4 Å². The second kappa shape index (κ2) is 6.80. The molecule has 0 unspecified atom stereocenters. The van der Waals surface area contributed by atoms with Crippen LogP contribution >= 0.6 is 22.9 Å². The molecule has 0 bridgehead atoms. The Morgan fingerprint density at radius 1 is 1.28 bits per heavy atom. The Kier molecular flexibility index (Phi) is 4.88. The summed E-state index contributed by atoms with van der Waals surface area (Å²) in [6.07, 6.45) is 0. The Balaban J connectivity index is 1.76. The molecule has 2 aromatic heterocycles. The molecule has 2 N–H and O–H groups in total. The summed E-state index contributed by atoms with van der Waals surface area (Å²) in [5.41, 5.74) is 1.30. The molecule has 3 aromatic rings. The normalized spacial score (nSPS) is 11.8. The van der Waals surface area contributed by atoms with Gasteiger partial charge in [-0.2, -0.15) is 0 Å². The number of hydrogen-bond donors (Lipinski definition) is 2. The van der Waals surface area contributed by atoms with Gasteiger partial charge in [0, 0.05) is 20.8 Å². The van der Waals surface area contributed by atoms with Crippen molar-refractivity contribution in [1.82, 2.24) is 10.0 Å². The van der Waals surface area contributed by atoms with Gasteiger partial charge in [-0.1, -0.05) is 11.6 Å². The van der Waals surface area contributed by atoms with Crippen LogP contribution in [0.25, 0.3) is 11.0 Å². The molecule has 0 saturated heterocycles. The number of halogens is 1. The van der Waals surface area contributed by atoms with Crippen LogP contribution in [0.3, 0.4) is 0 Å². The number of fused-ring (bicyclic) bond motifs is 1. The highest BCUT2D eigenvalue weighted by molar-refractivity contribution is 7.91. The van der Waals surface area contributed by atoms with Gasteiger partial charge >= 0.3 is 0 Å². The van der Waals surface area contributed by atoms with Gasteiger partial charge in [0.15, 0.2) is 5.76 Å². The van der Waals surface area contributed by atoms with Crippen molar-refractivity contribution in [2.75, 3.05) is 7.05 Å². The van der Waals surface area contributed by atoms with E-state index in [2.05, 4.69) is 10.0 Å². The minimum absolute atomic E-state index is 0.203. The van der Waals surface area contributed by atoms with E-state index in [0.717, 1.165) is 21.6 Å². The van der Waals surface area contributed by atoms with Gasteiger partial charge < -0.3 is 9.73 Å². The molecule has 0 aliphatic carbocycles. The van der Waals surface area contributed by atoms with Crippen LogP contribution in [-0.2, 0) is 16.6 Å². The van der Waals surface area contributed by atoms with Crippen LogP contribution in [0.5, 0.6) is 0 Å². The summed E-state index contributed by atoms with van der Waals surface area (Å²) in [7, 11) is -2.12. The molecule has 9 heteroatoms. The molecule has 0 spiro atoms. The Hall–Kier alpha value is -1.87. The first-order valence-electron chi connectivity index (χ1n) is 7.31. The van der Waals surface area contributed by atoms with Crippen molar-refractivity contribution in [3.63, 3.8) is 0 Å². The van der Waals surface area contributed by atoms with Crippen molar-refractivity contribution in [3.8, 4) is 0 Å². The lowest BCUT2D eigenvalue weighted by molar-refractivity contribution is 0.0925. The Morgan fingerprint density at radius 3 is 2.76 bits per heavy atom. The summed E-state index contributed by atoms with van der Waals surface area (Å²) < 4.78 is 31.5. The van der Waals surface area contributed by atoms with Crippen LogP contribution in [0, 0.1) is 6.92 Å². The summed E-state index contributed by atoms with van der Waals surface area (Å²) in [4.78, 5) is 13.1. The molecule has 1 amide bonds. The second-order valence-electron chi connectivity index (χ2n) is 5.31. The third-order valence-corrected chi connectivity index (χ3v) is 6.92. The Morgan fingerprint density at radius 2 is 2.04 bits per heavy atom. The molecular formula is C16H15ClN2O4S2. The van der Waals surface area contributed by atoms with Gasteiger partial charge in [-0.25, -0.2) is 13.1 Å². The summed E-state index contributed by atoms with van der Waals surface area (Å²) >= 11 is 7.08. The highest BCUT2D eigenvalue weighted by atomic mass is 35.5. The number of carbonyl (C=O) groups is 1. The van der Waals surface area contributed by atoms with E-state index in [0.29, 0.717) is 16.2 Å². The first-order chi connectivity index (χ1) is 11.8. The van der Waals surface area contributed by atoms with Gasteiger partial charge in [0.1, 0.15) is 9.79 Å². The maximum Gasteiger partial charge on any atom is 0.287 e. The summed E-state index contributed by atoms with van der Waals surface area (Å²) in [5, 5.41) is 4.10. The quantitative estimate of drug-likeness (QED) is 0.690. The van der Waals surface area contributed by atoms with Crippen LogP contribution in [0.4, 0.5) is 0 Å². The minimum atomic E-state index is -3.47. The molecule has 6 nitrogen and oxygen atoms in total. The van der Waals surface area contributed by atoms with Gasteiger partial charge in [0.25, 0.3) is 5.91 Å². The van der Waals surface area contributed by atoms with E-state index < -0.39 is 10.0 Å². The van der Waals surface area contributed by atoms with Crippen molar-refractivity contribution in [1.29, 1.82) is 0 Å². The SMILES string of the molecule is CNS(=O)(=O)c1ccc(CNC(=O)c2oc3ccc(Cl)cc3c2C)s1. The highest BCUT2D eigenvalue weighted by Gasteiger charge is 2.19. The Labute approximate surface area is 153 Å². The molecule has 0 saturated carbocycles. The molecular weight excluding hydrogens is 384 g/mol. The van der Waals surface area contributed by atoms with Gasteiger partial charge in [-0.15, -0.1) is 11.3 Å². The van der Waals surface area contributed by atoms with E-state index >= 15 is 0 Å². The first-order valence-corrected chi connectivity index (χ1v) is 9.98. The number of furan rings is 1. The number of aryl methyl sites for hydroxylation is 1. The van der Waals surface area contributed by atoms with Gasteiger partial charge in [0.2, 0.25) is 10.0 Å². The van der Waals surface area contributed by atoms with Crippen LogP contribution in [0.2, 0.25) is 5.02 Å². The number of amides is 1. The zero-order valence-electron chi connectivity index (χ0n) is 13.4. The number of thiophene rings is 1. The average molecular weight is 399 g/mol. The molecule has 3 rings (SSSR count). The standard InChI is InChI=1S/C16H15ClN2O4S2/c1-9-12-7-10(17)3-5-13(12)23-15(9)16(20)19-8-11-4-6-14(24-11)25(21,22)18-2/h3-7,18H,8H2,1-2H3,(H,19,20). The monoisotopic (exact) mass is 398 g/mol. The van der Waals surface area contributed by atoms with Gasteiger partial charge in [-0.05, 0) is 44.3 Å². The van der Waals surface area contributed by atoms with Crippen molar-refractivity contribution in [3.05, 3.63) is 51.6 Å². The molecule has 25 heavy (non-hydrogen) atoms. The lowest BCUT2D eigenvalue weighted by Gasteiger charge is -2.02. The first kappa shape index (κ1) is 17.9. The van der Waals surface area contributed by atoms with Crippen LogP contribution in [0.1, 0.15) is 21.0 Å². The van der Waals surface area contributed by atoms with Crippen LogP contribution in [-0.4, -0.2) is 21.4 Å². The van der Waals surface area contributed by atoms with E-state index in [4.69, 9.17) is 16.0 Å². The summed E-state index contributed by atoms with van der Waals surface area (Å²) in [6.45, 7) is 2.00. The molecule has 0 fully saturated rings. The number of sulfonamides is 1. The predicted octanol–water partition coefficient (Wildman–Crippen LogP) is 3.29. The van der Waals surface area contributed by atoms with Crippen LogP contribution < -0.4 is 10.0 Å². The minimum Gasteiger partial charge on any atom is -0.451 e. The average Bonchev–Trinajstić information content (AvgIpc) is 3.19. The van der Waals surface area contributed by atoms with E-state index in [1.165, 1.54) is 13.1 Å². The van der Waals surface area contributed by atoms with Crippen molar-refractivity contribution >= 4 is 49.8 Å². The zero-order chi connectivity index (χ0) is 18.2. The summed E-state index contributed by atoms with van der Waals surface area (Å²) in [6, 6.07) is 8.34. The van der Waals surface area contributed by atoms with E-state index in [1.54, 1.807) is 31.2 Å². The van der Waals surface area contributed by atoms with E-state index in [1.807, 2.05) is 0 Å². The van der Waals surface area contributed by atoms with Crippen molar-refractivity contribution in [2.24, 2.45) is 0 Å². The molecule has 0 atom stereocenters. The molecule has 1 aromatic carbocycles. The van der Waals surface area contributed by atoms with Gasteiger partial charge in [0.05, 0.1) is 6.54 Å². The number of rotatable bonds is 5. The lowest BCUT2D eigenvalue weighted by atomic mass is 10.1. The third-order valence-electron chi connectivity index (χ3n) is 3.70. The third kappa shape index (κ3) is 3.57. The van der Waals surface area contributed by atoms with Crippen LogP contribution in [0.15, 0.2) is 39.0 Å². The maximum absolute atomic E-state index is 12.4. The number of benzene rings is 1. The Bertz CT molecular complexity index is 1050. The smallest absolute Gasteiger partial charge is 0.287 e. The maximum atomic E-state index is 12.4. The second-order valence-corrected chi connectivity index (χ2v) is 9.03. The highest BCUT2D eigenvalue weighted by Crippen LogP contribution is 2.28. The molecule has 0 radical (unpaired) electrons. The van der Waals surface area contributed by atoms with E-state index in [9.17, 15) is 13.2 Å². The molecule has 2 heterocycles. The van der Waals surface area contributed by atoms with Gasteiger partial charge in [-0.3, -0.25) is 4.79 Å². The molecule has 132 valence electrons. The van der Waals surface area contributed by atoms with Crippen molar-refractivity contribution < 1.29 is 17.6 Å². The predicted molar refractivity (Wildman–Crippen MR) is 97.7 cm³/mol. The fourth-order valence-corrected chi connectivity index (χ4v) is 4.66. The molecule has 0 aliphatic rings.